The largest absolute Gasteiger partial charge is 0.480 e. The molecule has 1 amide bonds. The summed E-state index contributed by atoms with van der Waals surface area (Å²) in [6.45, 7) is 0. The Morgan fingerprint density at radius 2 is 2.30 bits per heavy atom. The number of hydrogen-bond acceptors (Lipinski definition) is 4. The maximum atomic E-state index is 12.1. The van der Waals surface area contributed by atoms with Gasteiger partial charge in [-0.2, -0.15) is 11.8 Å². The highest BCUT2D eigenvalue weighted by atomic mass is 32.2. The van der Waals surface area contributed by atoms with E-state index in [1.807, 2.05) is 6.26 Å². The summed E-state index contributed by atoms with van der Waals surface area (Å²) in [4.78, 5) is 30.2. The predicted octanol–water partition coefficient (Wildman–Crippen LogP) is 1.50. The molecular weight excluding hydrogens is 278 g/mol. The molecule has 0 bridgehead atoms. The van der Waals surface area contributed by atoms with Gasteiger partial charge in [-0.05, 0) is 36.6 Å². The Morgan fingerprint density at radius 1 is 1.50 bits per heavy atom. The Balaban J connectivity index is 2.10. The zero-order valence-corrected chi connectivity index (χ0v) is 11.7. The minimum absolute atomic E-state index is 0.394. The fourth-order valence-corrected chi connectivity index (χ4v) is 2.28. The van der Waals surface area contributed by atoms with Gasteiger partial charge in [0.05, 0.1) is 17.4 Å². The van der Waals surface area contributed by atoms with Crippen LogP contribution in [0.4, 0.5) is 0 Å². The van der Waals surface area contributed by atoms with Crippen LogP contribution in [0.5, 0.6) is 0 Å². The Morgan fingerprint density at radius 3 is 3.00 bits per heavy atom. The van der Waals surface area contributed by atoms with E-state index in [1.54, 1.807) is 36.3 Å². The Hall–Kier alpha value is -2.02. The molecule has 2 aromatic rings. The third kappa shape index (κ3) is 3.30. The van der Waals surface area contributed by atoms with Crippen LogP contribution >= 0.6 is 11.8 Å². The molecule has 6 nitrogen and oxygen atoms in total. The second-order valence-electron chi connectivity index (χ2n) is 4.28. The highest BCUT2D eigenvalue weighted by molar-refractivity contribution is 7.98. The summed E-state index contributed by atoms with van der Waals surface area (Å²) in [6, 6.07) is 4.14. The highest BCUT2D eigenvalue weighted by Crippen LogP contribution is 2.12. The van der Waals surface area contributed by atoms with Gasteiger partial charge in [0.15, 0.2) is 0 Å². The second kappa shape index (κ2) is 6.42. The number of H-pyrrole nitrogens is 1. The number of benzene rings is 1. The molecule has 0 spiro atoms. The molecule has 0 saturated heterocycles. The number of aromatic amines is 1. The zero-order valence-electron chi connectivity index (χ0n) is 10.9. The van der Waals surface area contributed by atoms with E-state index >= 15 is 0 Å². The number of aromatic nitrogens is 2. The fraction of sp³-hybridized carbons (Fsp3) is 0.308. The van der Waals surface area contributed by atoms with E-state index in [4.69, 9.17) is 5.11 Å². The molecule has 0 aliphatic carbocycles. The molecule has 106 valence electrons. The lowest BCUT2D eigenvalue weighted by molar-refractivity contribution is -0.139. The van der Waals surface area contributed by atoms with Gasteiger partial charge in [-0.25, -0.2) is 9.78 Å². The molecule has 1 aromatic heterocycles. The zero-order chi connectivity index (χ0) is 14.5. The van der Waals surface area contributed by atoms with Crippen LogP contribution in [0.1, 0.15) is 16.8 Å². The average molecular weight is 293 g/mol. The third-order valence-electron chi connectivity index (χ3n) is 2.90. The summed E-state index contributed by atoms with van der Waals surface area (Å²) >= 11 is 1.55. The summed E-state index contributed by atoms with van der Waals surface area (Å²) in [5.41, 5.74) is 1.92. The molecule has 2 rings (SSSR count). The number of hydrogen-bond donors (Lipinski definition) is 3. The number of carbonyl (C=O) groups excluding carboxylic acids is 1. The van der Waals surface area contributed by atoms with Crippen molar-refractivity contribution in [1.29, 1.82) is 0 Å². The molecule has 0 unspecified atom stereocenters. The maximum absolute atomic E-state index is 12.1. The number of nitrogens with one attached hydrogen (secondary N) is 2. The van der Waals surface area contributed by atoms with E-state index in [-0.39, 0.29) is 0 Å². The Bertz CT molecular complexity index is 626. The molecule has 1 heterocycles. The van der Waals surface area contributed by atoms with Crippen LogP contribution in [-0.2, 0) is 4.79 Å². The van der Waals surface area contributed by atoms with Gasteiger partial charge in [0.25, 0.3) is 5.91 Å². The molecule has 0 fully saturated rings. The van der Waals surface area contributed by atoms with Gasteiger partial charge in [0.1, 0.15) is 6.04 Å². The van der Waals surface area contributed by atoms with Gasteiger partial charge >= 0.3 is 5.97 Å². The Labute approximate surface area is 120 Å². The van der Waals surface area contributed by atoms with Crippen LogP contribution in [0.2, 0.25) is 0 Å². The smallest absolute Gasteiger partial charge is 0.326 e. The molecule has 1 aromatic carbocycles. The molecule has 0 saturated carbocycles. The fourth-order valence-electron chi connectivity index (χ4n) is 1.81. The normalized spacial score (nSPS) is 12.2. The minimum atomic E-state index is -1.02. The van der Waals surface area contributed by atoms with Gasteiger partial charge in [0.2, 0.25) is 0 Å². The first-order valence-electron chi connectivity index (χ1n) is 6.07. The van der Waals surface area contributed by atoms with Crippen LogP contribution in [0, 0.1) is 0 Å². The predicted molar refractivity (Wildman–Crippen MR) is 78.0 cm³/mol. The van der Waals surface area contributed by atoms with Crippen LogP contribution in [-0.4, -0.2) is 45.0 Å². The van der Waals surface area contributed by atoms with Crippen molar-refractivity contribution in [1.82, 2.24) is 15.3 Å². The van der Waals surface area contributed by atoms with Crippen molar-refractivity contribution < 1.29 is 14.7 Å². The molecule has 1 atom stereocenters. The van der Waals surface area contributed by atoms with Crippen molar-refractivity contribution >= 4 is 34.7 Å². The van der Waals surface area contributed by atoms with E-state index in [2.05, 4.69) is 15.3 Å². The van der Waals surface area contributed by atoms with Crippen LogP contribution in [0.15, 0.2) is 24.5 Å². The monoisotopic (exact) mass is 293 g/mol. The molecule has 0 aliphatic heterocycles. The Kier molecular flexibility index (Phi) is 4.62. The molecule has 7 heteroatoms. The summed E-state index contributed by atoms with van der Waals surface area (Å²) in [7, 11) is 0. The van der Waals surface area contributed by atoms with Gasteiger partial charge in [-0.1, -0.05) is 0 Å². The standard InChI is InChI=1S/C13H15N3O3S/c1-20-5-4-10(13(18)19)16-12(17)8-2-3-9-11(6-8)15-7-14-9/h2-3,6-7,10H,4-5H2,1H3,(H,14,15)(H,16,17)(H,18,19)/t10-/m0/s1. The number of nitrogens with zero attached hydrogens (tertiary/aromatic N) is 1. The average Bonchev–Trinajstić information content (AvgIpc) is 2.90. The number of thioether (sulfide) groups is 1. The van der Waals surface area contributed by atoms with Crippen molar-refractivity contribution in [3.63, 3.8) is 0 Å². The lowest BCUT2D eigenvalue weighted by atomic mass is 10.1. The van der Waals surface area contributed by atoms with Gasteiger partial charge in [-0.3, -0.25) is 4.79 Å². The maximum Gasteiger partial charge on any atom is 0.326 e. The van der Waals surface area contributed by atoms with Crippen molar-refractivity contribution in [2.24, 2.45) is 0 Å². The summed E-state index contributed by atoms with van der Waals surface area (Å²) in [6.07, 6.45) is 3.84. The lowest BCUT2D eigenvalue weighted by Crippen LogP contribution is -2.41. The number of carboxylic acid groups (broad SMARTS) is 1. The van der Waals surface area contributed by atoms with Crippen molar-refractivity contribution in [2.45, 2.75) is 12.5 Å². The van der Waals surface area contributed by atoms with Gasteiger partial charge < -0.3 is 15.4 Å². The molecular formula is C13H15N3O3S. The number of rotatable bonds is 6. The van der Waals surface area contributed by atoms with E-state index in [1.165, 1.54) is 0 Å². The number of fused-ring (bicyclic) bond motifs is 1. The first-order chi connectivity index (χ1) is 9.61. The summed E-state index contributed by atoms with van der Waals surface area (Å²) < 4.78 is 0. The number of aliphatic carboxylic acids is 1. The summed E-state index contributed by atoms with van der Waals surface area (Å²) in [5, 5.41) is 11.6. The van der Waals surface area contributed by atoms with Crippen LogP contribution in [0.3, 0.4) is 0 Å². The number of carboxylic acids is 1. The molecule has 0 aliphatic rings. The minimum Gasteiger partial charge on any atom is -0.480 e. The van der Waals surface area contributed by atoms with Crippen molar-refractivity contribution in [3.05, 3.63) is 30.1 Å². The van der Waals surface area contributed by atoms with Crippen LogP contribution < -0.4 is 5.32 Å². The van der Waals surface area contributed by atoms with Gasteiger partial charge in [0, 0.05) is 5.56 Å². The van der Waals surface area contributed by atoms with E-state index in [0.717, 1.165) is 11.0 Å². The van der Waals surface area contributed by atoms with Gasteiger partial charge in [-0.15, -0.1) is 0 Å². The van der Waals surface area contributed by atoms with Crippen LogP contribution in [0.25, 0.3) is 11.0 Å². The topological polar surface area (TPSA) is 95.1 Å². The third-order valence-corrected chi connectivity index (χ3v) is 3.54. The first kappa shape index (κ1) is 14.4. The number of imidazole rings is 1. The quantitative estimate of drug-likeness (QED) is 0.750. The molecule has 0 radical (unpaired) electrons. The number of amides is 1. The number of carbonyl (C=O) groups is 2. The van der Waals surface area contributed by atoms with Crippen molar-refractivity contribution in [2.75, 3.05) is 12.0 Å². The SMILES string of the molecule is CSCC[C@H](NC(=O)c1ccc2nc[nH]c2c1)C(=O)O. The van der Waals surface area contributed by atoms with E-state index in [9.17, 15) is 9.59 Å². The van der Waals surface area contributed by atoms with E-state index < -0.39 is 17.9 Å². The second-order valence-corrected chi connectivity index (χ2v) is 5.27. The lowest BCUT2D eigenvalue weighted by Gasteiger charge is -2.13. The van der Waals surface area contributed by atoms with Crippen molar-refractivity contribution in [3.8, 4) is 0 Å². The van der Waals surface area contributed by atoms with E-state index in [0.29, 0.717) is 17.7 Å². The summed E-state index contributed by atoms with van der Waals surface area (Å²) in [5.74, 6) is -0.735. The first-order valence-corrected chi connectivity index (χ1v) is 7.47. The highest BCUT2D eigenvalue weighted by Gasteiger charge is 2.20. The molecule has 3 N–H and O–H groups in total. The molecule has 20 heavy (non-hydrogen) atoms.